The summed E-state index contributed by atoms with van der Waals surface area (Å²) in [7, 11) is 0. The summed E-state index contributed by atoms with van der Waals surface area (Å²) in [5.41, 5.74) is 3.46. The van der Waals surface area contributed by atoms with Gasteiger partial charge in [0.1, 0.15) is 11.5 Å². The second kappa shape index (κ2) is 9.07. The van der Waals surface area contributed by atoms with Gasteiger partial charge in [-0.15, -0.1) is 11.8 Å². The number of amides is 1. The molecule has 1 aromatic heterocycles. The monoisotopic (exact) mass is 448 g/mol. The van der Waals surface area contributed by atoms with E-state index in [-0.39, 0.29) is 11.7 Å². The molecule has 4 nitrogen and oxygen atoms in total. The molecule has 0 aliphatic carbocycles. The molecular weight excluding hydrogens is 436 g/mol. The Morgan fingerprint density at radius 3 is 2.58 bits per heavy atom. The highest BCUT2D eigenvalue weighted by Crippen LogP contribution is 2.23. The SMILES string of the molecule is O=C(CSc1ccc(Cl)cc1)N/N=C/c1ccc(-c2ccc(Br)cc2)o1. The van der Waals surface area contributed by atoms with Crippen LogP contribution in [0.5, 0.6) is 0 Å². The highest BCUT2D eigenvalue weighted by atomic mass is 79.9. The Morgan fingerprint density at radius 2 is 1.85 bits per heavy atom. The number of benzene rings is 2. The lowest BCUT2D eigenvalue weighted by Gasteiger charge is -2.00. The van der Waals surface area contributed by atoms with Crippen LogP contribution >= 0.6 is 39.3 Å². The highest BCUT2D eigenvalue weighted by molar-refractivity contribution is 9.10. The predicted octanol–water partition coefficient (Wildman–Crippen LogP) is 5.60. The molecular formula is C19H14BrClN2O2S. The maximum Gasteiger partial charge on any atom is 0.250 e. The molecule has 2 aromatic carbocycles. The fourth-order valence-corrected chi connectivity index (χ4v) is 3.15. The van der Waals surface area contributed by atoms with Crippen molar-refractivity contribution < 1.29 is 9.21 Å². The first-order valence-electron chi connectivity index (χ1n) is 7.66. The zero-order valence-corrected chi connectivity index (χ0v) is 16.6. The zero-order valence-electron chi connectivity index (χ0n) is 13.5. The third-order valence-corrected chi connectivity index (χ3v) is 5.11. The molecule has 7 heteroatoms. The van der Waals surface area contributed by atoms with Crippen molar-refractivity contribution in [2.24, 2.45) is 5.10 Å². The average molecular weight is 450 g/mol. The Bertz CT molecular complexity index is 908. The van der Waals surface area contributed by atoms with Gasteiger partial charge in [-0.25, -0.2) is 5.43 Å². The van der Waals surface area contributed by atoms with Crippen LogP contribution in [0, 0.1) is 0 Å². The van der Waals surface area contributed by atoms with Crippen LogP contribution in [0.25, 0.3) is 11.3 Å². The van der Waals surface area contributed by atoms with Gasteiger partial charge in [-0.1, -0.05) is 39.7 Å². The van der Waals surface area contributed by atoms with E-state index in [9.17, 15) is 4.79 Å². The summed E-state index contributed by atoms with van der Waals surface area (Å²) in [6, 6.07) is 18.8. The maximum atomic E-state index is 11.8. The Morgan fingerprint density at radius 1 is 1.12 bits per heavy atom. The smallest absolute Gasteiger partial charge is 0.250 e. The molecule has 0 bridgehead atoms. The standard InChI is InChI=1S/C19H14BrClN2O2S/c20-14-3-1-13(2-4-14)18-10-7-16(25-18)11-22-23-19(24)12-26-17-8-5-15(21)6-9-17/h1-11H,12H2,(H,23,24)/b22-11+. The van der Waals surface area contributed by atoms with E-state index in [2.05, 4.69) is 26.5 Å². The van der Waals surface area contributed by atoms with Crippen LogP contribution in [-0.4, -0.2) is 17.9 Å². The quantitative estimate of drug-likeness (QED) is 0.302. The van der Waals surface area contributed by atoms with Gasteiger partial charge in [0.2, 0.25) is 5.91 Å². The van der Waals surface area contributed by atoms with Crippen molar-refractivity contribution in [1.82, 2.24) is 5.43 Å². The zero-order chi connectivity index (χ0) is 18.4. The Balaban J connectivity index is 1.49. The number of nitrogens with one attached hydrogen (secondary N) is 1. The Labute approximate surface area is 168 Å². The van der Waals surface area contributed by atoms with Crippen LogP contribution in [0.3, 0.4) is 0 Å². The molecule has 1 heterocycles. The molecule has 0 aliphatic heterocycles. The van der Waals surface area contributed by atoms with Gasteiger partial charge in [0.15, 0.2) is 0 Å². The van der Waals surface area contributed by atoms with Crippen molar-refractivity contribution in [1.29, 1.82) is 0 Å². The van der Waals surface area contributed by atoms with E-state index in [1.165, 1.54) is 18.0 Å². The van der Waals surface area contributed by atoms with Crippen molar-refractivity contribution in [3.63, 3.8) is 0 Å². The molecule has 0 atom stereocenters. The second-order valence-corrected chi connectivity index (χ2v) is 7.65. The highest BCUT2D eigenvalue weighted by Gasteiger charge is 2.04. The molecule has 0 spiro atoms. The molecule has 132 valence electrons. The number of nitrogens with zero attached hydrogens (tertiary/aromatic N) is 1. The van der Waals surface area contributed by atoms with Gasteiger partial charge in [0, 0.05) is 20.0 Å². The van der Waals surface area contributed by atoms with Crippen LogP contribution in [0.1, 0.15) is 5.76 Å². The lowest BCUT2D eigenvalue weighted by atomic mass is 10.2. The van der Waals surface area contributed by atoms with Crippen LogP contribution in [0.4, 0.5) is 0 Å². The van der Waals surface area contributed by atoms with Crippen molar-refractivity contribution in [2.45, 2.75) is 4.90 Å². The number of hydrazone groups is 1. The molecule has 1 amide bonds. The van der Waals surface area contributed by atoms with E-state index in [4.69, 9.17) is 16.0 Å². The van der Waals surface area contributed by atoms with Crippen molar-refractivity contribution in [2.75, 3.05) is 5.75 Å². The predicted molar refractivity (Wildman–Crippen MR) is 110 cm³/mol. The largest absolute Gasteiger partial charge is 0.455 e. The van der Waals surface area contributed by atoms with Crippen LogP contribution in [-0.2, 0) is 4.79 Å². The first kappa shape index (κ1) is 18.8. The fraction of sp³-hybridized carbons (Fsp3) is 0.0526. The summed E-state index contributed by atoms with van der Waals surface area (Å²) in [6.45, 7) is 0. The van der Waals surface area contributed by atoms with Crippen LogP contribution < -0.4 is 5.43 Å². The molecule has 0 unspecified atom stereocenters. The number of furan rings is 1. The Kier molecular flexibility index (Phi) is 6.55. The van der Waals surface area contributed by atoms with Gasteiger partial charge in [-0.2, -0.15) is 5.10 Å². The summed E-state index contributed by atoms with van der Waals surface area (Å²) in [5.74, 6) is 1.37. The minimum absolute atomic E-state index is 0.194. The molecule has 3 rings (SSSR count). The molecule has 0 saturated carbocycles. The normalized spacial score (nSPS) is 11.0. The van der Waals surface area contributed by atoms with Crippen LogP contribution in [0.15, 0.2) is 79.6 Å². The minimum Gasteiger partial charge on any atom is -0.455 e. The first-order valence-corrected chi connectivity index (χ1v) is 9.82. The number of carbonyl (C=O) groups is 1. The molecule has 0 saturated heterocycles. The average Bonchev–Trinajstić information content (AvgIpc) is 3.11. The number of rotatable bonds is 6. The van der Waals surface area contributed by atoms with Gasteiger partial charge in [0.25, 0.3) is 0 Å². The number of hydrogen-bond donors (Lipinski definition) is 1. The van der Waals surface area contributed by atoms with E-state index in [0.717, 1.165) is 20.7 Å². The number of hydrogen-bond acceptors (Lipinski definition) is 4. The van der Waals surface area contributed by atoms with Gasteiger partial charge >= 0.3 is 0 Å². The number of thioether (sulfide) groups is 1. The Hall–Kier alpha value is -2.02. The first-order chi connectivity index (χ1) is 12.6. The molecule has 26 heavy (non-hydrogen) atoms. The lowest BCUT2D eigenvalue weighted by molar-refractivity contribution is -0.118. The molecule has 0 aliphatic rings. The number of carbonyl (C=O) groups excluding carboxylic acids is 1. The summed E-state index contributed by atoms with van der Waals surface area (Å²) >= 11 is 10.6. The fourth-order valence-electron chi connectivity index (χ4n) is 2.07. The summed E-state index contributed by atoms with van der Waals surface area (Å²) in [5, 5.41) is 4.60. The second-order valence-electron chi connectivity index (χ2n) is 5.24. The van der Waals surface area contributed by atoms with E-state index >= 15 is 0 Å². The van der Waals surface area contributed by atoms with Crippen molar-refractivity contribution in [3.05, 3.63) is 75.9 Å². The number of halogens is 2. The maximum absolute atomic E-state index is 11.8. The summed E-state index contributed by atoms with van der Waals surface area (Å²) < 4.78 is 6.71. The van der Waals surface area contributed by atoms with E-state index in [1.807, 2.05) is 42.5 Å². The van der Waals surface area contributed by atoms with E-state index in [0.29, 0.717) is 10.8 Å². The minimum atomic E-state index is -0.194. The van der Waals surface area contributed by atoms with Gasteiger partial charge < -0.3 is 4.42 Å². The molecule has 0 fully saturated rings. The third-order valence-electron chi connectivity index (χ3n) is 3.32. The molecule has 1 N–H and O–H groups in total. The molecule has 3 aromatic rings. The summed E-state index contributed by atoms with van der Waals surface area (Å²) in [6.07, 6.45) is 1.48. The molecule has 0 radical (unpaired) electrons. The van der Waals surface area contributed by atoms with Crippen LogP contribution in [0.2, 0.25) is 5.02 Å². The third kappa shape index (κ3) is 5.49. The summed E-state index contributed by atoms with van der Waals surface area (Å²) in [4.78, 5) is 12.8. The van der Waals surface area contributed by atoms with Crippen molar-refractivity contribution >= 4 is 51.4 Å². The lowest BCUT2D eigenvalue weighted by Crippen LogP contribution is -2.19. The van der Waals surface area contributed by atoms with Crippen molar-refractivity contribution in [3.8, 4) is 11.3 Å². The van der Waals surface area contributed by atoms with Gasteiger partial charge in [0.05, 0.1) is 12.0 Å². The van der Waals surface area contributed by atoms with E-state index in [1.54, 1.807) is 18.2 Å². The topological polar surface area (TPSA) is 54.6 Å². The van der Waals surface area contributed by atoms with Gasteiger partial charge in [-0.3, -0.25) is 4.79 Å². The van der Waals surface area contributed by atoms with E-state index < -0.39 is 0 Å². The van der Waals surface area contributed by atoms with Gasteiger partial charge in [-0.05, 0) is 48.5 Å².